The third kappa shape index (κ3) is 3.21. The maximum atomic E-state index is 12.9. The molecule has 3 aromatic rings. The van der Waals surface area contributed by atoms with Gasteiger partial charge in [-0.15, -0.1) is 5.10 Å². The molecule has 132 valence electrons. The number of hydrogen-bond acceptors (Lipinski definition) is 5. The van der Waals surface area contributed by atoms with E-state index in [4.69, 9.17) is 4.74 Å². The second kappa shape index (κ2) is 7.05. The van der Waals surface area contributed by atoms with Crippen molar-refractivity contribution < 1.29 is 9.53 Å². The molecule has 0 saturated carbocycles. The highest BCUT2D eigenvalue weighted by molar-refractivity contribution is 5.94. The number of ether oxygens (including phenoxy) is 1. The number of morpholine rings is 1. The average molecular weight is 349 g/mol. The number of rotatable bonds is 3. The maximum absolute atomic E-state index is 12.9. The monoisotopic (exact) mass is 349 g/mol. The number of nitrogens with zero attached hydrogens (tertiary/aromatic N) is 5. The van der Waals surface area contributed by atoms with E-state index >= 15 is 0 Å². The summed E-state index contributed by atoms with van der Waals surface area (Å²) in [5.41, 5.74) is 2.57. The summed E-state index contributed by atoms with van der Waals surface area (Å²) in [4.78, 5) is 14.7. The van der Waals surface area contributed by atoms with Crippen molar-refractivity contribution in [2.45, 2.75) is 13.0 Å². The summed E-state index contributed by atoms with van der Waals surface area (Å²) in [5.74, 6) is 0.706. The Labute approximate surface area is 151 Å². The van der Waals surface area contributed by atoms with E-state index in [-0.39, 0.29) is 12.0 Å². The van der Waals surface area contributed by atoms with Crippen LogP contribution in [0.15, 0.2) is 54.6 Å². The van der Waals surface area contributed by atoms with Crippen molar-refractivity contribution in [3.8, 4) is 5.69 Å². The van der Waals surface area contributed by atoms with Gasteiger partial charge in [-0.05, 0) is 47.2 Å². The topological polar surface area (TPSA) is 73.1 Å². The van der Waals surface area contributed by atoms with Gasteiger partial charge in [0.1, 0.15) is 6.10 Å². The Hall–Kier alpha value is -3.06. The molecule has 1 aliphatic rings. The summed E-state index contributed by atoms with van der Waals surface area (Å²) < 4.78 is 7.48. The van der Waals surface area contributed by atoms with Gasteiger partial charge in [-0.25, -0.2) is 0 Å². The van der Waals surface area contributed by atoms with Gasteiger partial charge in [-0.3, -0.25) is 4.79 Å². The van der Waals surface area contributed by atoms with Crippen LogP contribution in [0.2, 0.25) is 0 Å². The third-order valence-corrected chi connectivity index (χ3v) is 4.51. The minimum Gasteiger partial charge on any atom is -0.370 e. The lowest BCUT2D eigenvalue weighted by atomic mass is 10.1. The van der Waals surface area contributed by atoms with Gasteiger partial charge in [0.15, 0.2) is 5.82 Å². The van der Waals surface area contributed by atoms with E-state index in [1.54, 1.807) is 4.68 Å². The lowest BCUT2D eigenvalue weighted by Crippen LogP contribution is -2.42. The molecule has 1 aromatic heterocycles. The molecule has 2 heterocycles. The van der Waals surface area contributed by atoms with Gasteiger partial charge in [0.2, 0.25) is 0 Å². The fourth-order valence-electron chi connectivity index (χ4n) is 3.10. The maximum Gasteiger partial charge on any atom is 0.254 e. The van der Waals surface area contributed by atoms with E-state index < -0.39 is 0 Å². The van der Waals surface area contributed by atoms with E-state index in [1.807, 2.05) is 66.4 Å². The van der Waals surface area contributed by atoms with Crippen LogP contribution >= 0.6 is 0 Å². The lowest BCUT2D eigenvalue weighted by molar-refractivity contribution is -0.0228. The molecular weight excluding hydrogens is 330 g/mol. The summed E-state index contributed by atoms with van der Waals surface area (Å²) in [7, 11) is 0. The molecule has 1 amide bonds. The van der Waals surface area contributed by atoms with Crippen LogP contribution in [0.25, 0.3) is 5.69 Å². The Bertz CT molecular complexity index is 892. The van der Waals surface area contributed by atoms with Crippen molar-refractivity contribution in [3.63, 3.8) is 0 Å². The van der Waals surface area contributed by atoms with Crippen molar-refractivity contribution in [1.82, 2.24) is 25.1 Å². The fourth-order valence-corrected chi connectivity index (χ4v) is 3.10. The molecular formula is C19H19N5O2. The first-order chi connectivity index (χ1) is 12.7. The highest BCUT2D eigenvalue weighted by Crippen LogP contribution is 2.23. The molecule has 0 N–H and O–H groups in total. The first-order valence-electron chi connectivity index (χ1n) is 8.53. The van der Waals surface area contributed by atoms with Crippen LogP contribution in [0.3, 0.4) is 0 Å². The summed E-state index contributed by atoms with van der Waals surface area (Å²) in [6.45, 7) is 3.51. The van der Waals surface area contributed by atoms with Crippen molar-refractivity contribution >= 4 is 5.91 Å². The number of aromatic nitrogens is 4. The van der Waals surface area contributed by atoms with Crippen LogP contribution in [0, 0.1) is 6.92 Å². The number of carbonyl (C=O) groups excluding carboxylic acids is 1. The first-order valence-corrected chi connectivity index (χ1v) is 8.53. The molecule has 0 aliphatic carbocycles. The van der Waals surface area contributed by atoms with Gasteiger partial charge in [-0.1, -0.05) is 30.3 Å². The molecule has 1 atom stereocenters. The second-order valence-corrected chi connectivity index (χ2v) is 6.21. The Morgan fingerprint density at radius 2 is 1.88 bits per heavy atom. The first kappa shape index (κ1) is 16.4. The van der Waals surface area contributed by atoms with Gasteiger partial charge in [0, 0.05) is 12.1 Å². The average Bonchev–Trinajstić information content (AvgIpc) is 3.14. The quantitative estimate of drug-likeness (QED) is 0.725. The van der Waals surface area contributed by atoms with E-state index in [0.717, 1.165) is 11.3 Å². The zero-order chi connectivity index (χ0) is 17.9. The Morgan fingerprint density at radius 1 is 1.12 bits per heavy atom. The molecule has 1 aliphatic heterocycles. The van der Waals surface area contributed by atoms with E-state index in [0.29, 0.717) is 31.1 Å². The van der Waals surface area contributed by atoms with Crippen LogP contribution in [-0.2, 0) is 4.74 Å². The zero-order valence-electron chi connectivity index (χ0n) is 14.4. The number of aryl methyl sites for hydroxylation is 1. The Kier molecular flexibility index (Phi) is 4.45. The zero-order valence-corrected chi connectivity index (χ0v) is 14.4. The second-order valence-electron chi connectivity index (χ2n) is 6.21. The van der Waals surface area contributed by atoms with Crippen molar-refractivity contribution in [1.29, 1.82) is 0 Å². The number of tetrazole rings is 1. The predicted molar refractivity (Wildman–Crippen MR) is 94.9 cm³/mol. The molecule has 1 saturated heterocycles. The van der Waals surface area contributed by atoms with Crippen molar-refractivity contribution in [3.05, 3.63) is 71.5 Å². The predicted octanol–water partition coefficient (Wildman–Crippen LogP) is 2.18. The largest absolute Gasteiger partial charge is 0.370 e. The molecule has 7 heteroatoms. The van der Waals surface area contributed by atoms with Crippen LogP contribution in [0.5, 0.6) is 0 Å². The standard InChI is InChI=1S/C19H19N5O2/c1-14-20-21-22-24(14)17-9-7-16(8-10-17)19(25)23-11-12-26-18(13-23)15-5-3-2-4-6-15/h2-10,18H,11-13H2,1H3. The van der Waals surface area contributed by atoms with Gasteiger partial charge in [0.25, 0.3) is 5.91 Å². The van der Waals surface area contributed by atoms with Crippen LogP contribution in [-0.4, -0.2) is 50.7 Å². The highest BCUT2D eigenvalue weighted by Gasteiger charge is 2.26. The van der Waals surface area contributed by atoms with Gasteiger partial charge in [-0.2, -0.15) is 4.68 Å². The third-order valence-electron chi connectivity index (χ3n) is 4.51. The van der Waals surface area contributed by atoms with E-state index in [9.17, 15) is 4.79 Å². The smallest absolute Gasteiger partial charge is 0.254 e. The van der Waals surface area contributed by atoms with E-state index in [2.05, 4.69) is 15.5 Å². The summed E-state index contributed by atoms with van der Waals surface area (Å²) >= 11 is 0. The Balaban J connectivity index is 1.49. The molecule has 4 rings (SSSR count). The van der Waals surface area contributed by atoms with Crippen LogP contribution in [0.4, 0.5) is 0 Å². The number of hydrogen-bond donors (Lipinski definition) is 0. The van der Waals surface area contributed by atoms with Gasteiger partial charge >= 0.3 is 0 Å². The number of amides is 1. The normalized spacial score (nSPS) is 17.3. The minimum absolute atomic E-state index is 0.00854. The molecule has 1 fully saturated rings. The number of carbonyl (C=O) groups is 1. The Morgan fingerprint density at radius 3 is 2.58 bits per heavy atom. The summed E-state index contributed by atoms with van der Waals surface area (Å²) in [6.07, 6.45) is -0.0861. The summed E-state index contributed by atoms with van der Waals surface area (Å²) in [5, 5.41) is 11.5. The van der Waals surface area contributed by atoms with Crippen LogP contribution in [0.1, 0.15) is 27.8 Å². The molecule has 2 aromatic carbocycles. The fraction of sp³-hybridized carbons (Fsp3) is 0.263. The molecule has 0 spiro atoms. The molecule has 0 bridgehead atoms. The molecule has 0 radical (unpaired) electrons. The molecule has 1 unspecified atom stereocenters. The molecule has 7 nitrogen and oxygen atoms in total. The summed E-state index contributed by atoms with van der Waals surface area (Å²) in [6, 6.07) is 17.3. The van der Waals surface area contributed by atoms with Crippen molar-refractivity contribution in [2.24, 2.45) is 0 Å². The SMILES string of the molecule is Cc1nnnn1-c1ccc(C(=O)N2CCOC(c3ccccc3)C2)cc1. The highest BCUT2D eigenvalue weighted by atomic mass is 16.5. The van der Waals surface area contributed by atoms with Gasteiger partial charge in [0.05, 0.1) is 18.8 Å². The van der Waals surface area contributed by atoms with E-state index in [1.165, 1.54) is 0 Å². The van der Waals surface area contributed by atoms with Crippen molar-refractivity contribution in [2.75, 3.05) is 19.7 Å². The lowest BCUT2D eigenvalue weighted by Gasteiger charge is -2.33. The minimum atomic E-state index is -0.0861. The molecule has 26 heavy (non-hydrogen) atoms. The van der Waals surface area contributed by atoms with Crippen LogP contribution < -0.4 is 0 Å². The van der Waals surface area contributed by atoms with Gasteiger partial charge < -0.3 is 9.64 Å². The number of benzene rings is 2.